The standard InChI is InChI=1S/C18H14FN3O4.C13H9FN4O2/c1-10(2)25-16(24)7-11-3-4-12(8-13(11)19)26-14-5-6-20-18-17(14)21-9-15(23)22-18;14-8-5-7(1-2-9(8)15)20-10-3-4-16-13-12(10)17-6-11(19)18-13/h3-6,8-9H,1,7H2,2H3,(H,20,22,23);1-6H,15H2,(H,16,18,19). The lowest BCUT2D eigenvalue weighted by atomic mass is 10.1. The highest BCUT2D eigenvalue weighted by Gasteiger charge is 2.13. The predicted molar refractivity (Wildman–Crippen MR) is 162 cm³/mol. The number of allylic oxidation sites excluding steroid dienone is 1. The molecule has 46 heavy (non-hydrogen) atoms. The predicted octanol–water partition coefficient (Wildman–Crippen LogP) is 4.70. The highest BCUT2D eigenvalue weighted by Crippen LogP contribution is 2.29. The minimum Gasteiger partial charge on any atom is -0.455 e. The smallest absolute Gasteiger partial charge is 0.315 e. The van der Waals surface area contributed by atoms with Crippen LogP contribution >= 0.6 is 0 Å². The summed E-state index contributed by atoms with van der Waals surface area (Å²) in [4.78, 5) is 55.1. The lowest BCUT2D eigenvalue weighted by Gasteiger charge is -2.09. The van der Waals surface area contributed by atoms with E-state index in [4.69, 9.17) is 19.9 Å². The van der Waals surface area contributed by atoms with Crippen molar-refractivity contribution in [3.8, 4) is 23.0 Å². The number of fused-ring (bicyclic) bond motifs is 2. The first-order valence-corrected chi connectivity index (χ1v) is 13.3. The zero-order chi connectivity index (χ0) is 32.8. The van der Waals surface area contributed by atoms with Gasteiger partial charge in [0.1, 0.15) is 34.2 Å². The molecule has 0 aliphatic heterocycles. The Morgan fingerprint density at radius 1 is 0.804 bits per heavy atom. The number of carbonyl (C=O) groups excluding carboxylic acids is 1. The Hall–Kier alpha value is -6.51. The van der Waals surface area contributed by atoms with E-state index >= 15 is 0 Å². The van der Waals surface area contributed by atoms with Crippen LogP contribution in [0.2, 0.25) is 0 Å². The number of H-pyrrole nitrogens is 2. The number of benzene rings is 2. The molecular formula is C31H23F2N7O6. The number of halogens is 2. The molecule has 6 aromatic rings. The number of nitrogens with zero attached hydrogens (tertiary/aromatic N) is 4. The number of aromatic amines is 2. The first kappa shape index (κ1) is 30.9. The minimum absolute atomic E-state index is 0.0411. The van der Waals surface area contributed by atoms with Gasteiger partial charge in [0.25, 0.3) is 11.1 Å². The van der Waals surface area contributed by atoms with Crippen LogP contribution in [0, 0.1) is 11.6 Å². The Labute approximate surface area is 257 Å². The molecule has 0 aliphatic rings. The van der Waals surface area contributed by atoms with Gasteiger partial charge in [0, 0.05) is 36.7 Å². The molecule has 13 nitrogen and oxygen atoms in total. The topological polar surface area (TPSA) is 188 Å². The Morgan fingerprint density at radius 3 is 1.83 bits per heavy atom. The number of aromatic nitrogens is 6. The lowest BCUT2D eigenvalue weighted by molar-refractivity contribution is -0.138. The Bertz CT molecular complexity index is 2220. The number of hydrogen-bond donors (Lipinski definition) is 3. The van der Waals surface area contributed by atoms with E-state index in [-0.39, 0.29) is 51.7 Å². The Kier molecular flexibility index (Phi) is 9.02. The first-order chi connectivity index (χ1) is 22.0. The number of nitrogens with one attached hydrogen (secondary N) is 2. The summed E-state index contributed by atoms with van der Waals surface area (Å²) in [5.74, 6) is -0.389. The van der Waals surface area contributed by atoms with E-state index < -0.39 is 17.6 Å². The molecule has 4 heterocycles. The Morgan fingerprint density at radius 2 is 1.33 bits per heavy atom. The van der Waals surface area contributed by atoms with Crippen molar-refractivity contribution in [1.29, 1.82) is 0 Å². The van der Waals surface area contributed by atoms with E-state index in [2.05, 4.69) is 36.5 Å². The van der Waals surface area contributed by atoms with Crippen LogP contribution in [0.4, 0.5) is 14.5 Å². The number of esters is 1. The number of anilines is 1. The van der Waals surface area contributed by atoms with Crippen LogP contribution in [0.15, 0.2) is 95.2 Å². The average Bonchev–Trinajstić information content (AvgIpc) is 3.00. The van der Waals surface area contributed by atoms with Crippen molar-refractivity contribution in [2.75, 3.05) is 5.73 Å². The van der Waals surface area contributed by atoms with Gasteiger partial charge in [0.05, 0.1) is 30.3 Å². The molecule has 0 amide bonds. The third kappa shape index (κ3) is 7.52. The van der Waals surface area contributed by atoms with Gasteiger partial charge in [-0.2, -0.15) is 0 Å². The van der Waals surface area contributed by atoms with Crippen molar-refractivity contribution in [2.45, 2.75) is 13.3 Å². The fourth-order valence-electron chi connectivity index (χ4n) is 3.96. The number of rotatable bonds is 7. The van der Waals surface area contributed by atoms with Crippen LogP contribution < -0.4 is 26.3 Å². The van der Waals surface area contributed by atoms with E-state index in [0.29, 0.717) is 28.2 Å². The summed E-state index contributed by atoms with van der Waals surface area (Å²) in [6.45, 7) is 4.99. The Balaban J connectivity index is 0.000000187. The van der Waals surface area contributed by atoms with E-state index in [0.717, 1.165) is 18.5 Å². The second kappa shape index (κ2) is 13.4. The van der Waals surface area contributed by atoms with E-state index in [1.807, 2.05) is 0 Å². The normalized spacial score (nSPS) is 10.6. The van der Waals surface area contributed by atoms with Crippen molar-refractivity contribution in [3.05, 3.63) is 124 Å². The SMILES string of the molecule is C=C(C)OC(=O)Cc1ccc(Oc2ccnc3[nH]c(=O)cnc23)cc1F.Nc1ccc(Oc2ccnc3[nH]c(=O)cnc23)cc1F. The first-order valence-electron chi connectivity index (χ1n) is 13.3. The van der Waals surface area contributed by atoms with Gasteiger partial charge in [-0.1, -0.05) is 12.6 Å². The molecule has 4 aromatic heterocycles. The van der Waals surface area contributed by atoms with Gasteiger partial charge in [-0.3, -0.25) is 14.4 Å². The molecule has 6 rings (SSSR count). The molecule has 0 atom stereocenters. The summed E-state index contributed by atoms with van der Waals surface area (Å²) in [5, 5.41) is 0. The molecule has 15 heteroatoms. The number of pyridine rings is 2. The van der Waals surface area contributed by atoms with E-state index in [1.165, 1.54) is 49.6 Å². The van der Waals surface area contributed by atoms with Gasteiger partial charge in [-0.05, 0) is 30.7 Å². The van der Waals surface area contributed by atoms with Crippen LogP contribution in [-0.4, -0.2) is 35.9 Å². The zero-order valence-electron chi connectivity index (χ0n) is 23.9. The quantitative estimate of drug-likeness (QED) is 0.126. The highest BCUT2D eigenvalue weighted by molar-refractivity contribution is 5.78. The number of carbonyl (C=O) groups is 1. The fraction of sp³-hybridized carbons (Fsp3) is 0.0645. The molecule has 4 N–H and O–H groups in total. The summed E-state index contributed by atoms with van der Waals surface area (Å²) in [6, 6.07) is 11.3. The molecule has 0 saturated heterocycles. The molecule has 0 saturated carbocycles. The molecule has 0 fully saturated rings. The summed E-state index contributed by atoms with van der Waals surface area (Å²) in [7, 11) is 0. The minimum atomic E-state index is -0.610. The third-order valence-corrected chi connectivity index (χ3v) is 5.95. The van der Waals surface area contributed by atoms with Crippen molar-refractivity contribution in [1.82, 2.24) is 29.9 Å². The molecular weight excluding hydrogens is 604 g/mol. The maximum atomic E-state index is 14.2. The van der Waals surface area contributed by atoms with Gasteiger partial charge in [0.15, 0.2) is 22.8 Å². The van der Waals surface area contributed by atoms with Crippen LogP contribution in [0.3, 0.4) is 0 Å². The van der Waals surface area contributed by atoms with Gasteiger partial charge >= 0.3 is 5.97 Å². The van der Waals surface area contributed by atoms with Crippen molar-refractivity contribution in [3.63, 3.8) is 0 Å². The average molecular weight is 628 g/mol. The molecule has 0 bridgehead atoms. The molecule has 0 aliphatic carbocycles. The van der Waals surface area contributed by atoms with Crippen LogP contribution in [-0.2, 0) is 16.0 Å². The van der Waals surface area contributed by atoms with Crippen LogP contribution in [0.25, 0.3) is 22.3 Å². The molecule has 0 spiro atoms. The van der Waals surface area contributed by atoms with Gasteiger partial charge in [0.2, 0.25) is 0 Å². The van der Waals surface area contributed by atoms with Gasteiger partial charge in [-0.25, -0.2) is 28.7 Å². The largest absolute Gasteiger partial charge is 0.455 e. The third-order valence-electron chi connectivity index (χ3n) is 5.95. The van der Waals surface area contributed by atoms with Crippen molar-refractivity contribution in [2.24, 2.45) is 0 Å². The molecule has 0 unspecified atom stereocenters. The number of nitrogens with two attached hydrogens (primary N) is 1. The highest BCUT2D eigenvalue weighted by atomic mass is 19.1. The van der Waals surface area contributed by atoms with Gasteiger partial charge < -0.3 is 29.9 Å². The summed E-state index contributed by atoms with van der Waals surface area (Å²) < 4.78 is 43.6. The maximum Gasteiger partial charge on any atom is 0.315 e. The summed E-state index contributed by atoms with van der Waals surface area (Å²) in [6.07, 6.45) is 4.91. The number of nitrogen functional groups attached to an aromatic ring is 1. The summed E-state index contributed by atoms with van der Waals surface area (Å²) in [5.41, 5.74) is 6.13. The van der Waals surface area contributed by atoms with Crippen LogP contribution in [0.1, 0.15) is 12.5 Å². The zero-order valence-corrected chi connectivity index (χ0v) is 23.9. The van der Waals surface area contributed by atoms with Crippen molar-refractivity contribution < 1.29 is 27.8 Å². The van der Waals surface area contributed by atoms with Gasteiger partial charge in [-0.15, -0.1) is 0 Å². The monoisotopic (exact) mass is 627 g/mol. The fourth-order valence-corrected chi connectivity index (χ4v) is 3.96. The number of ether oxygens (including phenoxy) is 3. The maximum absolute atomic E-state index is 14.2. The lowest BCUT2D eigenvalue weighted by Crippen LogP contribution is -2.08. The molecule has 232 valence electrons. The second-order valence-electron chi connectivity index (χ2n) is 9.50. The van der Waals surface area contributed by atoms with E-state index in [9.17, 15) is 23.2 Å². The van der Waals surface area contributed by atoms with E-state index in [1.54, 1.807) is 12.1 Å². The molecule has 0 radical (unpaired) electrons. The van der Waals surface area contributed by atoms with Crippen molar-refractivity contribution >= 4 is 34.0 Å². The summed E-state index contributed by atoms with van der Waals surface area (Å²) >= 11 is 0. The second-order valence-corrected chi connectivity index (χ2v) is 9.50. The van der Waals surface area contributed by atoms with Crippen LogP contribution in [0.5, 0.6) is 23.0 Å². The molecule has 2 aromatic carbocycles. The number of hydrogen-bond acceptors (Lipinski definition) is 11.